The fourth-order valence-corrected chi connectivity index (χ4v) is 6.04. The number of hydrogen-bond acceptors (Lipinski definition) is 5. The van der Waals surface area contributed by atoms with Gasteiger partial charge in [-0.25, -0.2) is 13.4 Å². The lowest BCUT2D eigenvalue weighted by molar-refractivity contribution is -0.134. The summed E-state index contributed by atoms with van der Waals surface area (Å²) in [5, 5.41) is 0.758. The topological polar surface area (TPSA) is 89.3 Å². The molecule has 0 bridgehead atoms. The molecule has 4 rings (SSSR count). The van der Waals surface area contributed by atoms with Gasteiger partial charge in [-0.15, -0.1) is 0 Å². The lowest BCUT2D eigenvalue weighted by Gasteiger charge is -2.28. The average molecular weight is 480 g/mol. The lowest BCUT2D eigenvalue weighted by atomic mass is 10.1. The molecule has 0 spiro atoms. The van der Waals surface area contributed by atoms with Crippen molar-refractivity contribution >= 4 is 49.8 Å². The van der Waals surface area contributed by atoms with E-state index in [1.165, 1.54) is 23.0 Å². The fraction of sp³-hybridized carbons (Fsp3) is 0.286. The first kappa shape index (κ1) is 21.8. The van der Waals surface area contributed by atoms with Crippen LogP contribution in [0.5, 0.6) is 0 Å². The third kappa shape index (κ3) is 4.76. The van der Waals surface area contributed by atoms with Crippen molar-refractivity contribution in [2.75, 3.05) is 11.5 Å². The average Bonchev–Trinajstić information content (AvgIpc) is 3.08. The van der Waals surface area contributed by atoms with Gasteiger partial charge in [-0.3, -0.25) is 14.2 Å². The molecular formula is C21H19Cl2N3O4S. The van der Waals surface area contributed by atoms with Crippen LogP contribution in [0, 0.1) is 0 Å². The summed E-state index contributed by atoms with van der Waals surface area (Å²) in [5.74, 6) is -0.394. The highest BCUT2D eigenvalue weighted by Crippen LogP contribution is 2.24. The van der Waals surface area contributed by atoms with Gasteiger partial charge in [-0.2, -0.15) is 0 Å². The SMILES string of the molecule is O=C(Cn1cnc2c(Cl)cc(Cl)cc2c1=O)N(Cc1ccccc1)[C@H]1CCS(=O)(=O)C1. The molecule has 1 aromatic heterocycles. The molecular weight excluding hydrogens is 461 g/mol. The molecule has 1 aliphatic rings. The van der Waals surface area contributed by atoms with Crippen LogP contribution in [0.2, 0.25) is 10.0 Å². The number of sulfone groups is 1. The molecule has 0 radical (unpaired) electrons. The molecule has 1 fully saturated rings. The third-order valence-electron chi connectivity index (χ3n) is 5.32. The van der Waals surface area contributed by atoms with Gasteiger partial charge >= 0.3 is 0 Å². The van der Waals surface area contributed by atoms with Crippen molar-refractivity contribution in [1.82, 2.24) is 14.5 Å². The first-order valence-electron chi connectivity index (χ1n) is 9.61. The highest BCUT2D eigenvalue weighted by molar-refractivity contribution is 7.91. The second-order valence-corrected chi connectivity index (χ2v) is 10.6. The highest BCUT2D eigenvalue weighted by atomic mass is 35.5. The van der Waals surface area contributed by atoms with E-state index in [2.05, 4.69) is 4.98 Å². The van der Waals surface area contributed by atoms with E-state index < -0.39 is 21.4 Å². The molecule has 31 heavy (non-hydrogen) atoms. The lowest BCUT2D eigenvalue weighted by Crippen LogP contribution is -2.43. The first-order valence-corrected chi connectivity index (χ1v) is 12.2. The van der Waals surface area contributed by atoms with Crippen molar-refractivity contribution in [3.05, 3.63) is 74.8 Å². The summed E-state index contributed by atoms with van der Waals surface area (Å²) in [6.07, 6.45) is 1.64. The number of halogens is 2. The molecule has 0 unspecified atom stereocenters. The summed E-state index contributed by atoms with van der Waals surface area (Å²) in [6, 6.07) is 11.8. The minimum absolute atomic E-state index is 0.0463. The Hall–Kier alpha value is -2.42. The maximum Gasteiger partial charge on any atom is 0.261 e. The maximum atomic E-state index is 13.2. The van der Waals surface area contributed by atoms with Gasteiger partial charge in [0.05, 0.1) is 33.8 Å². The minimum Gasteiger partial charge on any atom is -0.333 e. The molecule has 2 aromatic carbocycles. The highest BCUT2D eigenvalue weighted by Gasteiger charge is 2.34. The third-order valence-corrected chi connectivity index (χ3v) is 7.57. The van der Waals surface area contributed by atoms with Crippen molar-refractivity contribution in [3.8, 4) is 0 Å². The Balaban J connectivity index is 1.66. The zero-order chi connectivity index (χ0) is 22.2. The van der Waals surface area contributed by atoms with E-state index in [1.807, 2.05) is 30.3 Å². The summed E-state index contributed by atoms with van der Waals surface area (Å²) >= 11 is 12.1. The Bertz CT molecular complexity index is 1310. The first-order chi connectivity index (χ1) is 14.7. The van der Waals surface area contributed by atoms with Gasteiger partial charge < -0.3 is 4.90 Å². The summed E-state index contributed by atoms with van der Waals surface area (Å²) in [7, 11) is -3.19. The molecule has 3 aromatic rings. The molecule has 1 aliphatic heterocycles. The van der Waals surface area contributed by atoms with E-state index >= 15 is 0 Å². The van der Waals surface area contributed by atoms with Crippen molar-refractivity contribution in [2.45, 2.75) is 25.6 Å². The minimum atomic E-state index is -3.19. The molecule has 2 heterocycles. The van der Waals surface area contributed by atoms with Gasteiger partial charge in [0.1, 0.15) is 6.54 Å². The summed E-state index contributed by atoms with van der Waals surface area (Å²) in [6.45, 7) is -0.0113. The van der Waals surface area contributed by atoms with Crippen LogP contribution in [0.1, 0.15) is 12.0 Å². The van der Waals surface area contributed by atoms with E-state index in [0.717, 1.165) is 5.56 Å². The molecule has 0 aliphatic carbocycles. The number of rotatable bonds is 5. The van der Waals surface area contributed by atoms with E-state index in [9.17, 15) is 18.0 Å². The standard InChI is InChI=1S/C21H19Cl2N3O4S/c22-15-8-17-20(18(23)9-15)24-13-25(21(17)28)11-19(27)26(10-14-4-2-1-3-5-14)16-6-7-31(29,30)12-16/h1-5,8-9,13,16H,6-7,10-12H2/t16-/m0/s1. The van der Waals surface area contributed by atoms with E-state index in [-0.39, 0.29) is 40.9 Å². The van der Waals surface area contributed by atoms with Crippen LogP contribution >= 0.6 is 23.2 Å². The molecule has 162 valence electrons. The van der Waals surface area contributed by atoms with Crippen LogP contribution in [-0.4, -0.2) is 46.3 Å². The van der Waals surface area contributed by atoms with Crippen LogP contribution in [0.25, 0.3) is 10.9 Å². The Morgan fingerprint density at radius 3 is 2.61 bits per heavy atom. The number of benzene rings is 2. The maximum absolute atomic E-state index is 13.2. The van der Waals surface area contributed by atoms with Crippen LogP contribution in [0.3, 0.4) is 0 Å². The van der Waals surface area contributed by atoms with Crippen LogP contribution in [0.4, 0.5) is 0 Å². The molecule has 1 amide bonds. The number of nitrogens with zero attached hydrogens (tertiary/aromatic N) is 3. The molecule has 1 saturated heterocycles. The zero-order valence-electron chi connectivity index (χ0n) is 16.4. The second kappa shape index (κ2) is 8.61. The van der Waals surface area contributed by atoms with Crippen LogP contribution in [0.15, 0.2) is 53.6 Å². The number of fused-ring (bicyclic) bond motifs is 1. The monoisotopic (exact) mass is 479 g/mol. The number of aromatic nitrogens is 2. The fourth-order valence-electron chi connectivity index (χ4n) is 3.77. The molecule has 0 saturated carbocycles. The predicted molar refractivity (Wildman–Crippen MR) is 120 cm³/mol. The van der Waals surface area contributed by atoms with E-state index in [0.29, 0.717) is 17.0 Å². The van der Waals surface area contributed by atoms with E-state index in [4.69, 9.17) is 23.2 Å². The number of amides is 1. The number of carbonyl (C=O) groups is 1. The molecule has 0 N–H and O–H groups in total. The Morgan fingerprint density at radius 1 is 1.19 bits per heavy atom. The van der Waals surface area contributed by atoms with E-state index in [1.54, 1.807) is 4.90 Å². The van der Waals surface area contributed by atoms with Crippen LogP contribution in [-0.2, 0) is 27.7 Å². The van der Waals surface area contributed by atoms with Crippen molar-refractivity contribution in [2.24, 2.45) is 0 Å². The predicted octanol–water partition coefficient (Wildman–Crippen LogP) is 2.92. The van der Waals surface area contributed by atoms with Crippen molar-refractivity contribution < 1.29 is 13.2 Å². The van der Waals surface area contributed by atoms with Gasteiger partial charge in [0.2, 0.25) is 5.91 Å². The second-order valence-electron chi connectivity index (χ2n) is 7.53. The molecule has 1 atom stereocenters. The zero-order valence-corrected chi connectivity index (χ0v) is 18.7. The van der Waals surface area contributed by atoms with Gasteiger partial charge in [0.15, 0.2) is 9.84 Å². The van der Waals surface area contributed by atoms with Gasteiger partial charge in [0, 0.05) is 17.6 Å². The number of hydrogen-bond donors (Lipinski definition) is 0. The normalized spacial score (nSPS) is 17.7. The largest absolute Gasteiger partial charge is 0.333 e. The summed E-state index contributed by atoms with van der Waals surface area (Å²) in [4.78, 5) is 31.9. The number of carbonyl (C=O) groups excluding carboxylic acids is 1. The Morgan fingerprint density at radius 2 is 1.94 bits per heavy atom. The smallest absolute Gasteiger partial charge is 0.261 e. The van der Waals surface area contributed by atoms with Gasteiger partial charge in [-0.1, -0.05) is 53.5 Å². The molecule has 10 heteroatoms. The van der Waals surface area contributed by atoms with Gasteiger partial charge in [0.25, 0.3) is 5.56 Å². The Kier molecular flexibility index (Phi) is 6.05. The quantitative estimate of drug-likeness (QED) is 0.561. The summed E-state index contributed by atoms with van der Waals surface area (Å²) in [5.41, 5.74) is 0.743. The van der Waals surface area contributed by atoms with Crippen molar-refractivity contribution in [3.63, 3.8) is 0 Å². The van der Waals surface area contributed by atoms with Crippen molar-refractivity contribution in [1.29, 1.82) is 0 Å². The summed E-state index contributed by atoms with van der Waals surface area (Å²) < 4.78 is 25.2. The molecule has 7 nitrogen and oxygen atoms in total. The van der Waals surface area contributed by atoms with Crippen LogP contribution < -0.4 is 5.56 Å². The Labute approximate surface area is 189 Å². The van der Waals surface area contributed by atoms with Gasteiger partial charge in [-0.05, 0) is 24.1 Å².